The Hall–Kier alpha value is -1.64. The van der Waals surface area contributed by atoms with Gasteiger partial charge in [0.1, 0.15) is 10.9 Å². The number of amides is 1. The summed E-state index contributed by atoms with van der Waals surface area (Å²) in [6.07, 6.45) is 0. The van der Waals surface area contributed by atoms with Gasteiger partial charge in [-0.15, -0.1) is 12.4 Å². The van der Waals surface area contributed by atoms with Crippen molar-refractivity contribution in [1.29, 1.82) is 0 Å². The van der Waals surface area contributed by atoms with Crippen molar-refractivity contribution in [2.45, 2.75) is 10.9 Å². The fraction of sp³-hybridized carbons (Fsp3) is 0.278. The molecule has 1 heterocycles. The van der Waals surface area contributed by atoms with E-state index in [-0.39, 0.29) is 41.3 Å². The second-order valence-electron chi connectivity index (χ2n) is 6.05. The Kier molecular flexibility index (Phi) is 7.25. The Morgan fingerprint density at radius 3 is 2.11 bits per heavy atom. The van der Waals surface area contributed by atoms with Gasteiger partial charge in [-0.25, -0.2) is 8.42 Å². The van der Waals surface area contributed by atoms with Crippen LogP contribution in [0.4, 0.5) is 0 Å². The maximum absolute atomic E-state index is 12.8. The van der Waals surface area contributed by atoms with Crippen molar-refractivity contribution in [3.63, 3.8) is 0 Å². The summed E-state index contributed by atoms with van der Waals surface area (Å²) in [4.78, 5) is 14.3. The number of nitrogens with zero attached hydrogens (tertiary/aromatic N) is 2. The Morgan fingerprint density at radius 2 is 1.52 bits per heavy atom. The molecule has 1 atom stereocenters. The number of sulfonamides is 1. The van der Waals surface area contributed by atoms with Crippen molar-refractivity contribution >= 4 is 39.9 Å². The van der Waals surface area contributed by atoms with Gasteiger partial charge < -0.3 is 10.6 Å². The molecule has 1 amide bonds. The fourth-order valence-electron chi connectivity index (χ4n) is 2.94. The number of rotatable bonds is 4. The van der Waals surface area contributed by atoms with E-state index in [2.05, 4.69) is 0 Å². The van der Waals surface area contributed by atoms with Gasteiger partial charge in [0, 0.05) is 26.2 Å². The third kappa shape index (κ3) is 4.62. The number of carbonyl (C=O) groups is 1. The van der Waals surface area contributed by atoms with Crippen molar-refractivity contribution in [2.75, 3.05) is 26.2 Å². The van der Waals surface area contributed by atoms with E-state index in [0.717, 1.165) is 5.56 Å². The molecule has 1 saturated heterocycles. The molecule has 2 N–H and O–H groups in total. The van der Waals surface area contributed by atoms with Crippen LogP contribution in [0.25, 0.3) is 0 Å². The predicted octanol–water partition coefficient (Wildman–Crippen LogP) is 2.29. The summed E-state index contributed by atoms with van der Waals surface area (Å²) >= 11 is 6.03. The third-order valence-corrected chi connectivity index (χ3v) is 6.83. The monoisotopic (exact) mass is 429 g/mol. The lowest BCUT2D eigenvalue weighted by molar-refractivity contribution is -0.133. The first-order chi connectivity index (χ1) is 12.4. The van der Waals surface area contributed by atoms with Gasteiger partial charge >= 0.3 is 0 Å². The Labute approximate surface area is 170 Å². The first-order valence-corrected chi connectivity index (χ1v) is 10.1. The van der Waals surface area contributed by atoms with Crippen molar-refractivity contribution < 1.29 is 13.2 Å². The molecule has 2 aromatic rings. The maximum Gasteiger partial charge on any atom is 0.244 e. The SMILES string of the molecule is Cl.NC(C(=O)N1CCN(S(=O)(=O)c2ccccc2Cl)CC1)c1ccccc1. The Bertz CT molecular complexity index is 886. The van der Waals surface area contributed by atoms with Crippen LogP contribution < -0.4 is 5.73 Å². The van der Waals surface area contributed by atoms with Crippen molar-refractivity contribution in [3.05, 3.63) is 65.2 Å². The molecule has 0 saturated carbocycles. The quantitative estimate of drug-likeness (QED) is 0.807. The summed E-state index contributed by atoms with van der Waals surface area (Å²) in [5, 5.41) is 0.192. The van der Waals surface area contributed by atoms with Crippen LogP contribution >= 0.6 is 24.0 Å². The topological polar surface area (TPSA) is 83.7 Å². The summed E-state index contributed by atoms with van der Waals surface area (Å²) in [6, 6.07) is 14.7. The van der Waals surface area contributed by atoms with Gasteiger partial charge in [-0.05, 0) is 17.7 Å². The van der Waals surface area contributed by atoms with Crippen molar-refractivity contribution in [2.24, 2.45) is 5.73 Å². The molecule has 9 heteroatoms. The zero-order chi connectivity index (χ0) is 18.7. The number of benzene rings is 2. The summed E-state index contributed by atoms with van der Waals surface area (Å²) in [5.41, 5.74) is 6.80. The van der Waals surface area contributed by atoms with Gasteiger partial charge in [-0.1, -0.05) is 54.1 Å². The minimum absolute atomic E-state index is 0. The minimum Gasteiger partial charge on any atom is -0.338 e. The zero-order valence-corrected chi connectivity index (χ0v) is 16.9. The number of piperazine rings is 1. The highest BCUT2D eigenvalue weighted by atomic mass is 35.5. The van der Waals surface area contributed by atoms with Gasteiger partial charge in [0.2, 0.25) is 15.9 Å². The van der Waals surface area contributed by atoms with Gasteiger partial charge in [-0.3, -0.25) is 4.79 Å². The lowest BCUT2D eigenvalue weighted by atomic mass is 10.1. The summed E-state index contributed by atoms with van der Waals surface area (Å²) in [7, 11) is -3.68. The maximum atomic E-state index is 12.8. The van der Waals surface area contributed by atoms with Crippen LogP contribution in [-0.2, 0) is 14.8 Å². The van der Waals surface area contributed by atoms with Crippen LogP contribution in [0.5, 0.6) is 0 Å². The van der Waals surface area contributed by atoms with E-state index in [1.807, 2.05) is 18.2 Å². The second-order valence-corrected chi connectivity index (χ2v) is 8.36. The van der Waals surface area contributed by atoms with E-state index in [1.165, 1.54) is 10.4 Å². The normalized spacial score (nSPS) is 16.4. The average molecular weight is 430 g/mol. The number of halogens is 2. The first kappa shape index (κ1) is 21.7. The molecule has 1 aliphatic rings. The average Bonchev–Trinajstić information content (AvgIpc) is 2.68. The molecule has 3 rings (SSSR count). The molecule has 0 spiro atoms. The van der Waals surface area contributed by atoms with Crippen LogP contribution in [0.1, 0.15) is 11.6 Å². The standard InChI is InChI=1S/C18H20ClN3O3S.ClH/c19-15-8-4-5-9-16(15)26(24,25)22-12-10-21(11-13-22)18(23)17(20)14-6-2-1-3-7-14;/h1-9,17H,10-13,20H2;1H. The smallest absolute Gasteiger partial charge is 0.244 e. The molecule has 0 bridgehead atoms. The molecular formula is C18H21Cl2N3O3S. The van der Waals surface area contributed by atoms with E-state index in [0.29, 0.717) is 13.1 Å². The molecule has 1 unspecified atom stereocenters. The lowest BCUT2D eigenvalue weighted by Gasteiger charge is -2.35. The van der Waals surface area contributed by atoms with E-state index in [9.17, 15) is 13.2 Å². The van der Waals surface area contributed by atoms with Crippen molar-refractivity contribution in [3.8, 4) is 0 Å². The molecular weight excluding hydrogens is 409 g/mol. The van der Waals surface area contributed by atoms with E-state index in [1.54, 1.807) is 35.2 Å². The number of nitrogens with two attached hydrogens (primary N) is 1. The molecule has 27 heavy (non-hydrogen) atoms. The summed E-state index contributed by atoms with van der Waals surface area (Å²) in [5.74, 6) is -0.203. The van der Waals surface area contributed by atoms with E-state index >= 15 is 0 Å². The molecule has 0 radical (unpaired) electrons. The van der Waals surface area contributed by atoms with Crippen molar-refractivity contribution in [1.82, 2.24) is 9.21 Å². The fourth-order valence-corrected chi connectivity index (χ4v) is 4.86. The molecule has 1 fully saturated rings. The van der Waals surface area contributed by atoms with E-state index in [4.69, 9.17) is 17.3 Å². The van der Waals surface area contributed by atoms with Gasteiger partial charge in [0.15, 0.2) is 0 Å². The second kappa shape index (κ2) is 9.03. The molecule has 2 aromatic carbocycles. The van der Waals surface area contributed by atoms with Gasteiger partial charge in [-0.2, -0.15) is 4.31 Å². The highest BCUT2D eigenvalue weighted by Gasteiger charge is 2.32. The number of carbonyl (C=O) groups excluding carboxylic acids is 1. The highest BCUT2D eigenvalue weighted by Crippen LogP contribution is 2.25. The van der Waals surface area contributed by atoms with Crippen LogP contribution in [0, 0.1) is 0 Å². The highest BCUT2D eigenvalue weighted by molar-refractivity contribution is 7.89. The lowest BCUT2D eigenvalue weighted by Crippen LogP contribution is -2.52. The number of hydrogen-bond acceptors (Lipinski definition) is 4. The van der Waals surface area contributed by atoms with Gasteiger partial charge in [0.05, 0.1) is 5.02 Å². The van der Waals surface area contributed by atoms with Crippen LogP contribution in [0.3, 0.4) is 0 Å². The summed E-state index contributed by atoms with van der Waals surface area (Å²) in [6.45, 7) is 1.01. The minimum atomic E-state index is -3.68. The van der Waals surface area contributed by atoms with E-state index < -0.39 is 16.1 Å². The third-order valence-electron chi connectivity index (χ3n) is 4.43. The van der Waals surface area contributed by atoms with Crippen LogP contribution in [0.15, 0.2) is 59.5 Å². The molecule has 6 nitrogen and oxygen atoms in total. The molecule has 0 aliphatic carbocycles. The molecule has 1 aliphatic heterocycles. The predicted molar refractivity (Wildman–Crippen MR) is 107 cm³/mol. The molecule has 146 valence electrons. The zero-order valence-electron chi connectivity index (χ0n) is 14.5. The largest absolute Gasteiger partial charge is 0.338 e. The molecule has 0 aromatic heterocycles. The number of hydrogen-bond donors (Lipinski definition) is 1. The Balaban J connectivity index is 0.00000261. The van der Waals surface area contributed by atoms with Crippen LogP contribution in [-0.4, -0.2) is 49.7 Å². The van der Waals surface area contributed by atoms with Gasteiger partial charge in [0.25, 0.3) is 0 Å². The van der Waals surface area contributed by atoms with Crippen LogP contribution in [0.2, 0.25) is 5.02 Å². The summed E-state index contributed by atoms with van der Waals surface area (Å²) < 4.78 is 26.9. The first-order valence-electron chi connectivity index (χ1n) is 8.25. The Morgan fingerprint density at radius 1 is 0.963 bits per heavy atom.